The smallest absolute Gasteiger partial charge is 0.305 e. The van der Waals surface area contributed by atoms with Gasteiger partial charge in [-0.25, -0.2) is 0 Å². The van der Waals surface area contributed by atoms with Crippen molar-refractivity contribution in [3.8, 4) is 0 Å². The lowest BCUT2D eigenvalue weighted by atomic mass is 9.82. The molecule has 0 amide bonds. The summed E-state index contributed by atoms with van der Waals surface area (Å²) in [5, 5.41) is 9.18. The van der Waals surface area contributed by atoms with E-state index in [1.165, 1.54) is 43.5 Å². The number of aryl methyl sites for hydroxylation is 2. The molecule has 0 radical (unpaired) electrons. The van der Waals surface area contributed by atoms with E-state index in [0.717, 1.165) is 0 Å². The molecule has 2 rings (SSSR count). The molecule has 1 heterocycles. The minimum absolute atomic E-state index is 0.137. The highest BCUT2D eigenvalue weighted by molar-refractivity contribution is 5.67. The molecule has 0 aromatic carbocycles. The summed E-state index contributed by atoms with van der Waals surface area (Å²) in [4.78, 5) is 11.2. The number of carbonyl (C=O) groups is 1. The third kappa shape index (κ3) is 2.77. The topological polar surface area (TPSA) is 42.2 Å². The van der Waals surface area contributed by atoms with Crippen LogP contribution in [0.2, 0.25) is 0 Å². The van der Waals surface area contributed by atoms with Gasteiger partial charge in [0.2, 0.25) is 0 Å². The van der Waals surface area contributed by atoms with Gasteiger partial charge < -0.3 is 9.67 Å². The predicted molar refractivity (Wildman–Crippen MR) is 71.8 cm³/mol. The van der Waals surface area contributed by atoms with Crippen molar-refractivity contribution in [1.29, 1.82) is 0 Å². The molecule has 1 aliphatic carbocycles. The van der Waals surface area contributed by atoms with E-state index >= 15 is 0 Å². The monoisotopic (exact) mass is 249 g/mol. The van der Waals surface area contributed by atoms with Crippen LogP contribution in [0.4, 0.5) is 0 Å². The number of hydrogen-bond donors (Lipinski definition) is 1. The average molecular weight is 249 g/mol. The molecule has 0 unspecified atom stereocenters. The summed E-state index contributed by atoms with van der Waals surface area (Å²) < 4.78 is 2.24. The van der Waals surface area contributed by atoms with Crippen LogP contribution in [-0.2, 0) is 4.79 Å². The van der Waals surface area contributed by atoms with Crippen molar-refractivity contribution in [2.45, 2.75) is 58.4 Å². The Morgan fingerprint density at radius 2 is 1.83 bits per heavy atom. The molecular formula is C15H23NO2. The molecule has 18 heavy (non-hydrogen) atoms. The van der Waals surface area contributed by atoms with Crippen molar-refractivity contribution >= 4 is 5.97 Å². The van der Waals surface area contributed by atoms with E-state index in [1.807, 2.05) is 0 Å². The summed E-state index contributed by atoms with van der Waals surface area (Å²) >= 11 is 0. The molecule has 1 N–H and O–H groups in total. The van der Waals surface area contributed by atoms with Gasteiger partial charge in [-0.2, -0.15) is 0 Å². The molecule has 100 valence electrons. The lowest BCUT2D eigenvalue weighted by Crippen LogP contribution is -2.25. The Balaban J connectivity index is 2.26. The summed E-state index contributed by atoms with van der Waals surface area (Å²) in [6.07, 6.45) is 6.41. The first kappa shape index (κ1) is 13.2. The summed E-state index contributed by atoms with van der Waals surface area (Å²) in [7, 11) is 0. The van der Waals surface area contributed by atoms with E-state index < -0.39 is 5.97 Å². The largest absolute Gasteiger partial charge is 0.481 e. The van der Waals surface area contributed by atoms with Gasteiger partial charge in [-0.1, -0.05) is 19.3 Å². The maximum Gasteiger partial charge on any atom is 0.305 e. The fourth-order valence-electron chi connectivity index (χ4n) is 3.37. The van der Waals surface area contributed by atoms with Crippen molar-refractivity contribution in [1.82, 2.24) is 4.57 Å². The van der Waals surface area contributed by atoms with Crippen LogP contribution >= 0.6 is 0 Å². The minimum Gasteiger partial charge on any atom is -0.481 e. The lowest BCUT2D eigenvalue weighted by Gasteiger charge is -2.32. The third-order valence-corrected chi connectivity index (χ3v) is 4.24. The molecule has 0 aliphatic heterocycles. The summed E-state index contributed by atoms with van der Waals surface area (Å²) in [6.45, 7) is 4.15. The predicted octanol–water partition coefficient (Wildman–Crippen LogP) is 3.70. The van der Waals surface area contributed by atoms with Gasteiger partial charge in [0.1, 0.15) is 0 Å². The lowest BCUT2D eigenvalue weighted by molar-refractivity contribution is -0.138. The third-order valence-electron chi connectivity index (χ3n) is 4.24. The van der Waals surface area contributed by atoms with Crippen LogP contribution in [-0.4, -0.2) is 15.6 Å². The van der Waals surface area contributed by atoms with Crippen LogP contribution < -0.4 is 0 Å². The number of hydrogen-bond acceptors (Lipinski definition) is 1. The molecule has 1 saturated carbocycles. The molecule has 3 nitrogen and oxygen atoms in total. The second kappa shape index (κ2) is 5.59. The number of aromatic nitrogens is 1. The molecular weight excluding hydrogens is 226 g/mol. The number of aliphatic carboxylic acids is 1. The SMILES string of the molecule is Cc1ccc(C)n1[C@H](CC(=O)O)C1CCCCC1. The van der Waals surface area contributed by atoms with Crippen LogP contribution in [0, 0.1) is 19.8 Å². The molecule has 1 aromatic rings. The first-order valence-corrected chi connectivity index (χ1v) is 6.96. The number of rotatable bonds is 4. The zero-order valence-corrected chi connectivity index (χ0v) is 11.4. The zero-order chi connectivity index (χ0) is 13.1. The maximum atomic E-state index is 11.2. The Hall–Kier alpha value is -1.25. The van der Waals surface area contributed by atoms with Gasteiger partial charge in [0.15, 0.2) is 0 Å². The van der Waals surface area contributed by atoms with Crippen LogP contribution in [0.5, 0.6) is 0 Å². The summed E-state index contributed by atoms with van der Waals surface area (Å²) in [6, 6.07) is 4.32. The van der Waals surface area contributed by atoms with E-state index in [9.17, 15) is 9.90 Å². The number of nitrogens with zero attached hydrogens (tertiary/aromatic N) is 1. The van der Waals surface area contributed by atoms with E-state index in [-0.39, 0.29) is 12.5 Å². The molecule has 1 aliphatic rings. The number of carboxylic acids is 1. The minimum atomic E-state index is -0.682. The van der Waals surface area contributed by atoms with Gasteiger partial charge in [0.05, 0.1) is 6.42 Å². The van der Waals surface area contributed by atoms with Gasteiger partial charge in [0.25, 0.3) is 0 Å². The fourth-order valence-corrected chi connectivity index (χ4v) is 3.37. The Morgan fingerprint density at radius 3 is 2.33 bits per heavy atom. The van der Waals surface area contributed by atoms with Crippen LogP contribution in [0.25, 0.3) is 0 Å². The van der Waals surface area contributed by atoms with Crippen molar-refractivity contribution in [2.75, 3.05) is 0 Å². The second-order valence-electron chi connectivity index (χ2n) is 5.55. The zero-order valence-electron chi connectivity index (χ0n) is 11.4. The molecule has 0 spiro atoms. The van der Waals surface area contributed by atoms with Gasteiger partial charge in [-0.3, -0.25) is 4.79 Å². The van der Waals surface area contributed by atoms with E-state index in [4.69, 9.17) is 0 Å². The first-order valence-electron chi connectivity index (χ1n) is 6.96. The Kier molecular flexibility index (Phi) is 4.10. The second-order valence-corrected chi connectivity index (χ2v) is 5.55. The van der Waals surface area contributed by atoms with Crippen LogP contribution in [0.1, 0.15) is 56.0 Å². The summed E-state index contributed by atoms with van der Waals surface area (Å²) in [5.41, 5.74) is 2.37. The van der Waals surface area contributed by atoms with Gasteiger partial charge >= 0.3 is 5.97 Å². The number of carboxylic acid groups (broad SMARTS) is 1. The molecule has 0 saturated heterocycles. The van der Waals surface area contributed by atoms with Crippen molar-refractivity contribution in [3.63, 3.8) is 0 Å². The van der Waals surface area contributed by atoms with Crippen molar-refractivity contribution in [2.24, 2.45) is 5.92 Å². The van der Waals surface area contributed by atoms with Crippen molar-refractivity contribution in [3.05, 3.63) is 23.5 Å². The average Bonchev–Trinajstić information content (AvgIpc) is 2.67. The Bertz CT molecular complexity index is 397. The standard InChI is InChI=1S/C15H23NO2/c1-11-8-9-12(2)16(11)14(10-15(17)18)13-6-4-3-5-7-13/h8-9,13-14H,3-7,10H2,1-2H3,(H,17,18)/t14-/m1/s1. The fraction of sp³-hybridized carbons (Fsp3) is 0.667. The van der Waals surface area contributed by atoms with E-state index in [0.29, 0.717) is 5.92 Å². The van der Waals surface area contributed by atoms with Crippen LogP contribution in [0.15, 0.2) is 12.1 Å². The highest BCUT2D eigenvalue weighted by Gasteiger charge is 2.28. The normalized spacial score (nSPS) is 18.8. The van der Waals surface area contributed by atoms with E-state index in [1.54, 1.807) is 0 Å². The highest BCUT2D eigenvalue weighted by Crippen LogP contribution is 2.36. The Labute approximate surface area is 109 Å². The van der Waals surface area contributed by atoms with Gasteiger partial charge in [-0.15, -0.1) is 0 Å². The van der Waals surface area contributed by atoms with E-state index in [2.05, 4.69) is 30.5 Å². The van der Waals surface area contributed by atoms with Gasteiger partial charge in [0, 0.05) is 17.4 Å². The molecule has 1 aromatic heterocycles. The maximum absolute atomic E-state index is 11.2. The quantitative estimate of drug-likeness (QED) is 0.884. The molecule has 1 fully saturated rings. The van der Waals surface area contributed by atoms with Crippen LogP contribution in [0.3, 0.4) is 0 Å². The molecule has 3 heteroatoms. The first-order chi connectivity index (χ1) is 8.59. The van der Waals surface area contributed by atoms with Gasteiger partial charge in [-0.05, 0) is 44.7 Å². The van der Waals surface area contributed by atoms with Crippen molar-refractivity contribution < 1.29 is 9.90 Å². The summed E-state index contributed by atoms with van der Waals surface area (Å²) in [5.74, 6) is -0.155. The highest BCUT2D eigenvalue weighted by atomic mass is 16.4. The Morgan fingerprint density at radius 1 is 1.28 bits per heavy atom. The molecule has 1 atom stereocenters. The molecule has 0 bridgehead atoms.